The van der Waals surface area contributed by atoms with Gasteiger partial charge in [0.2, 0.25) is 0 Å². The molecule has 182 valence electrons. The van der Waals surface area contributed by atoms with Crippen molar-refractivity contribution in [3.8, 4) is 11.5 Å². The Morgan fingerprint density at radius 2 is 1.74 bits per heavy atom. The van der Waals surface area contributed by atoms with Crippen molar-refractivity contribution in [3.63, 3.8) is 0 Å². The Labute approximate surface area is 203 Å². The third kappa shape index (κ3) is 5.40. The summed E-state index contributed by atoms with van der Waals surface area (Å²) in [4.78, 5) is 50.8. The number of urea groups is 1. The minimum atomic E-state index is -0.892. The van der Waals surface area contributed by atoms with Crippen LogP contribution in [0, 0.1) is 0 Å². The van der Waals surface area contributed by atoms with Crippen LogP contribution in [0.4, 0.5) is 10.5 Å². The first-order valence-electron chi connectivity index (χ1n) is 11.0. The van der Waals surface area contributed by atoms with E-state index in [0.717, 1.165) is 10.5 Å². The van der Waals surface area contributed by atoms with E-state index in [1.807, 2.05) is 13.8 Å². The molecule has 1 aliphatic rings. The SMILES string of the molecule is C=CCc1cc(/C=C2\C(=O)NC(=O)N(c3ccc(C(=O)OC)cc3)C2=O)cc(OCC)c1OCC. The van der Waals surface area contributed by atoms with Gasteiger partial charge in [-0.15, -0.1) is 6.58 Å². The number of hydrogen-bond donors (Lipinski definition) is 1. The summed E-state index contributed by atoms with van der Waals surface area (Å²) >= 11 is 0. The van der Waals surface area contributed by atoms with Gasteiger partial charge in [0.1, 0.15) is 5.57 Å². The third-order valence-electron chi connectivity index (χ3n) is 5.07. The lowest BCUT2D eigenvalue weighted by molar-refractivity contribution is -0.122. The Morgan fingerprint density at radius 1 is 1.06 bits per heavy atom. The van der Waals surface area contributed by atoms with Crippen molar-refractivity contribution < 1.29 is 33.4 Å². The lowest BCUT2D eigenvalue weighted by Gasteiger charge is -2.26. The number of hydrogen-bond acceptors (Lipinski definition) is 7. The fraction of sp³-hybridized carbons (Fsp3) is 0.231. The van der Waals surface area contributed by atoms with E-state index in [2.05, 4.69) is 16.6 Å². The Balaban J connectivity index is 2.04. The van der Waals surface area contributed by atoms with Crippen molar-refractivity contribution in [1.82, 2.24) is 5.32 Å². The smallest absolute Gasteiger partial charge is 0.337 e. The van der Waals surface area contributed by atoms with Gasteiger partial charge in [0.25, 0.3) is 11.8 Å². The molecule has 2 aromatic carbocycles. The molecule has 0 unspecified atom stereocenters. The number of amides is 4. The summed E-state index contributed by atoms with van der Waals surface area (Å²) in [6.07, 6.45) is 3.58. The van der Waals surface area contributed by atoms with E-state index in [1.165, 1.54) is 37.5 Å². The molecule has 0 spiro atoms. The normalized spacial score (nSPS) is 14.5. The number of benzene rings is 2. The zero-order valence-corrected chi connectivity index (χ0v) is 19.8. The summed E-state index contributed by atoms with van der Waals surface area (Å²) < 4.78 is 16.2. The molecule has 35 heavy (non-hydrogen) atoms. The average Bonchev–Trinajstić information content (AvgIpc) is 2.84. The minimum Gasteiger partial charge on any atom is -0.490 e. The molecular weight excluding hydrogens is 452 g/mol. The highest BCUT2D eigenvalue weighted by Crippen LogP contribution is 2.35. The van der Waals surface area contributed by atoms with E-state index in [-0.39, 0.29) is 16.8 Å². The molecule has 0 aliphatic carbocycles. The maximum Gasteiger partial charge on any atom is 0.337 e. The standard InChI is InChI=1S/C26H26N2O7/c1-5-8-18-13-16(15-21(34-6-2)22(18)35-7-3)14-20-23(29)27-26(32)28(24(20)30)19-11-9-17(10-12-19)25(31)33-4/h5,9-15H,1,6-8H2,2-4H3,(H,27,29,32)/b20-14+. The molecule has 0 aromatic heterocycles. The Bertz CT molecular complexity index is 1200. The first-order chi connectivity index (χ1) is 16.8. The number of carbonyl (C=O) groups is 4. The molecule has 0 radical (unpaired) electrons. The highest BCUT2D eigenvalue weighted by Gasteiger charge is 2.37. The van der Waals surface area contributed by atoms with Gasteiger partial charge in [0.05, 0.1) is 31.6 Å². The molecule has 9 nitrogen and oxygen atoms in total. The van der Waals surface area contributed by atoms with Crippen molar-refractivity contribution in [2.45, 2.75) is 20.3 Å². The lowest BCUT2D eigenvalue weighted by atomic mass is 10.0. The van der Waals surface area contributed by atoms with Crippen LogP contribution >= 0.6 is 0 Å². The van der Waals surface area contributed by atoms with E-state index in [9.17, 15) is 19.2 Å². The molecular formula is C26H26N2O7. The summed E-state index contributed by atoms with van der Waals surface area (Å²) in [5.41, 5.74) is 1.49. The largest absolute Gasteiger partial charge is 0.490 e. The second-order valence-electron chi connectivity index (χ2n) is 7.36. The topological polar surface area (TPSA) is 111 Å². The van der Waals surface area contributed by atoms with Crippen molar-refractivity contribution in [2.24, 2.45) is 0 Å². The van der Waals surface area contributed by atoms with Gasteiger partial charge in [0.15, 0.2) is 11.5 Å². The Kier molecular flexibility index (Phi) is 8.04. The van der Waals surface area contributed by atoms with Crippen LogP contribution < -0.4 is 19.7 Å². The number of esters is 1. The van der Waals surface area contributed by atoms with Gasteiger partial charge in [-0.3, -0.25) is 14.9 Å². The van der Waals surface area contributed by atoms with Gasteiger partial charge in [-0.1, -0.05) is 6.08 Å². The van der Waals surface area contributed by atoms with Gasteiger partial charge < -0.3 is 14.2 Å². The molecule has 1 saturated heterocycles. The molecule has 9 heteroatoms. The number of nitrogens with zero attached hydrogens (tertiary/aromatic N) is 1. The predicted molar refractivity (Wildman–Crippen MR) is 129 cm³/mol. The van der Waals surface area contributed by atoms with Crippen LogP contribution in [-0.2, 0) is 20.7 Å². The van der Waals surface area contributed by atoms with Crippen molar-refractivity contribution >= 4 is 35.6 Å². The number of nitrogens with one attached hydrogen (secondary N) is 1. The lowest BCUT2D eigenvalue weighted by Crippen LogP contribution is -2.54. The van der Waals surface area contributed by atoms with E-state index < -0.39 is 23.8 Å². The third-order valence-corrected chi connectivity index (χ3v) is 5.07. The quantitative estimate of drug-likeness (QED) is 0.253. The second-order valence-corrected chi connectivity index (χ2v) is 7.36. The summed E-state index contributed by atoms with van der Waals surface area (Å²) in [5, 5.41) is 2.18. The number of allylic oxidation sites excluding steroid dienone is 1. The monoisotopic (exact) mass is 478 g/mol. The first kappa shape index (κ1) is 25.2. The molecule has 0 atom stereocenters. The fourth-order valence-electron chi connectivity index (χ4n) is 3.57. The highest BCUT2D eigenvalue weighted by molar-refractivity contribution is 6.39. The second kappa shape index (κ2) is 11.1. The maximum atomic E-state index is 13.2. The number of barbiturate groups is 1. The first-order valence-corrected chi connectivity index (χ1v) is 11.0. The van der Waals surface area contributed by atoms with Crippen molar-refractivity contribution in [2.75, 3.05) is 25.2 Å². The molecule has 1 fully saturated rings. The summed E-state index contributed by atoms with van der Waals surface area (Å²) in [5.74, 6) is -1.15. The molecule has 0 bridgehead atoms. The maximum absolute atomic E-state index is 13.2. The predicted octanol–water partition coefficient (Wildman–Crippen LogP) is 3.67. The molecule has 2 aromatic rings. The molecule has 1 aliphatic heterocycles. The molecule has 0 saturated carbocycles. The number of methoxy groups -OCH3 is 1. The van der Waals surface area contributed by atoms with Crippen LogP contribution in [0.5, 0.6) is 11.5 Å². The Hall–Kier alpha value is -4.40. The van der Waals surface area contributed by atoms with Gasteiger partial charge in [-0.25, -0.2) is 14.5 Å². The number of ether oxygens (including phenoxy) is 3. The number of imide groups is 2. The Morgan fingerprint density at radius 3 is 2.34 bits per heavy atom. The number of rotatable bonds is 9. The van der Waals surface area contributed by atoms with Crippen LogP contribution in [0.15, 0.2) is 54.6 Å². The zero-order chi connectivity index (χ0) is 25.5. The van der Waals surface area contributed by atoms with Crippen molar-refractivity contribution in [3.05, 3.63) is 71.3 Å². The van der Waals surface area contributed by atoms with E-state index in [1.54, 1.807) is 18.2 Å². The van der Waals surface area contributed by atoms with Gasteiger partial charge in [-0.05, 0) is 68.3 Å². The minimum absolute atomic E-state index is 0.188. The summed E-state index contributed by atoms with van der Waals surface area (Å²) in [6, 6.07) is 8.23. The number of carbonyl (C=O) groups excluding carboxylic acids is 4. The van der Waals surface area contributed by atoms with Crippen LogP contribution in [-0.4, -0.2) is 44.1 Å². The average molecular weight is 479 g/mol. The van der Waals surface area contributed by atoms with Crippen molar-refractivity contribution in [1.29, 1.82) is 0 Å². The van der Waals surface area contributed by atoms with Crippen LogP contribution in [0.2, 0.25) is 0 Å². The van der Waals surface area contributed by atoms with E-state index in [4.69, 9.17) is 9.47 Å². The molecule has 3 rings (SSSR count). The highest BCUT2D eigenvalue weighted by atomic mass is 16.5. The fourth-order valence-corrected chi connectivity index (χ4v) is 3.57. The van der Waals surface area contributed by atoms with Crippen LogP contribution in [0.25, 0.3) is 6.08 Å². The zero-order valence-electron chi connectivity index (χ0n) is 19.8. The molecule has 4 amide bonds. The van der Waals surface area contributed by atoms with E-state index in [0.29, 0.717) is 36.7 Å². The van der Waals surface area contributed by atoms with Gasteiger partial charge in [-0.2, -0.15) is 0 Å². The number of anilines is 1. The van der Waals surface area contributed by atoms with Crippen LogP contribution in [0.1, 0.15) is 35.3 Å². The summed E-state index contributed by atoms with van der Waals surface area (Å²) in [6.45, 7) is 8.28. The molecule has 1 N–H and O–H groups in total. The molecule has 1 heterocycles. The summed E-state index contributed by atoms with van der Waals surface area (Å²) in [7, 11) is 1.25. The van der Waals surface area contributed by atoms with Gasteiger partial charge in [0, 0.05) is 5.56 Å². The van der Waals surface area contributed by atoms with Gasteiger partial charge >= 0.3 is 12.0 Å². The van der Waals surface area contributed by atoms with Crippen LogP contribution in [0.3, 0.4) is 0 Å². The van der Waals surface area contributed by atoms with E-state index >= 15 is 0 Å².